The van der Waals surface area contributed by atoms with Gasteiger partial charge in [0.1, 0.15) is 0 Å². The second-order valence-corrected chi connectivity index (χ2v) is 5.09. The Labute approximate surface area is 129 Å². The number of anilines is 1. The fourth-order valence-corrected chi connectivity index (χ4v) is 1.83. The summed E-state index contributed by atoms with van der Waals surface area (Å²) in [6.07, 6.45) is 3.42. The van der Waals surface area contributed by atoms with E-state index in [1.165, 1.54) is 0 Å². The lowest BCUT2D eigenvalue weighted by atomic mass is 10.3. The van der Waals surface area contributed by atoms with Crippen LogP contribution in [0.2, 0.25) is 0 Å². The van der Waals surface area contributed by atoms with E-state index in [1.807, 2.05) is 44.1 Å². The summed E-state index contributed by atoms with van der Waals surface area (Å²) < 4.78 is 0. The number of rotatable bonds is 5. The number of amides is 2. The molecule has 2 N–H and O–H groups in total. The summed E-state index contributed by atoms with van der Waals surface area (Å²) in [5.41, 5.74) is 2.59. The van der Waals surface area contributed by atoms with Crippen LogP contribution in [0.1, 0.15) is 17.0 Å². The van der Waals surface area contributed by atoms with Gasteiger partial charge in [0.2, 0.25) is 5.95 Å². The molecule has 0 saturated heterocycles. The highest BCUT2D eigenvalue weighted by Gasteiger charge is 2.06. The van der Waals surface area contributed by atoms with E-state index in [0.29, 0.717) is 19.0 Å². The Bertz CT molecular complexity index is 629. The summed E-state index contributed by atoms with van der Waals surface area (Å²) in [4.78, 5) is 26.3. The number of aryl methyl sites for hydroxylation is 1. The summed E-state index contributed by atoms with van der Waals surface area (Å²) in [5.74, 6) is 0.632. The van der Waals surface area contributed by atoms with Crippen LogP contribution in [-0.2, 0) is 13.1 Å². The van der Waals surface area contributed by atoms with E-state index in [9.17, 15) is 4.79 Å². The van der Waals surface area contributed by atoms with Crippen molar-refractivity contribution in [1.82, 2.24) is 25.6 Å². The molecule has 0 spiro atoms. The van der Waals surface area contributed by atoms with Crippen molar-refractivity contribution in [3.8, 4) is 0 Å². The molecule has 0 fully saturated rings. The topological polar surface area (TPSA) is 83.0 Å². The molecule has 0 bridgehead atoms. The molecule has 22 heavy (non-hydrogen) atoms. The molecule has 2 rings (SSSR count). The number of carbonyl (C=O) groups excluding carboxylic acids is 1. The van der Waals surface area contributed by atoms with Crippen molar-refractivity contribution in [3.05, 3.63) is 47.5 Å². The van der Waals surface area contributed by atoms with Crippen LogP contribution in [0.15, 0.2) is 30.6 Å². The van der Waals surface area contributed by atoms with Gasteiger partial charge in [0.15, 0.2) is 0 Å². The first-order chi connectivity index (χ1) is 10.5. The molecular weight excluding hydrogens is 280 g/mol. The van der Waals surface area contributed by atoms with Crippen LogP contribution >= 0.6 is 0 Å². The van der Waals surface area contributed by atoms with Crippen molar-refractivity contribution in [2.75, 3.05) is 19.0 Å². The number of urea groups is 1. The van der Waals surface area contributed by atoms with Crippen molar-refractivity contribution < 1.29 is 4.79 Å². The van der Waals surface area contributed by atoms with Gasteiger partial charge in [-0.2, -0.15) is 0 Å². The zero-order chi connectivity index (χ0) is 15.9. The molecule has 2 aromatic rings. The quantitative estimate of drug-likeness (QED) is 0.868. The third-order valence-electron chi connectivity index (χ3n) is 2.90. The van der Waals surface area contributed by atoms with Crippen molar-refractivity contribution in [2.45, 2.75) is 20.0 Å². The molecule has 0 radical (unpaired) electrons. The highest BCUT2D eigenvalue weighted by Crippen LogP contribution is 2.07. The molecule has 116 valence electrons. The van der Waals surface area contributed by atoms with Crippen LogP contribution in [-0.4, -0.2) is 35.1 Å². The summed E-state index contributed by atoms with van der Waals surface area (Å²) in [7, 11) is 3.76. The van der Waals surface area contributed by atoms with Gasteiger partial charge in [-0.15, -0.1) is 0 Å². The Morgan fingerprint density at radius 2 is 2.00 bits per heavy atom. The normalized spacial score (nSPS) is 10.1. The molecule has 7 heteroatoms. The van der Waals surface area contributed by atoms with E-state index in [1.54, 1.807) is 12.4 Å². The average molecular weight is 300 g/mol. The molecule has 0 aliphatic carbocycles. The number of carbonyl (C=O) groups is 1. The Morgan fingerprint density at radius 3 is 2.68 bits per heavy atom. The monoisotopic (exact) mass is 300 g/mol. The fraction of sp³-hybridized carbons (Fsp3) is 0.333. The van der Waals surface area contributed by atoms with Gasteiger partial charge < -0.3 is 15.5 Å². The molecule has 2 heterocycles. The number of hydrogen-bond acceptors (Lipinski definition) is 5. The van der Waals surface area contributed by atoms with E-state index in [4.69, 9.17) is 0 Å². The minimum atomic E-state index is -0.244. The third-order valence-corrected chi connectivity index (χ3v) is 2.90. The molecule has 0 atom stereocenters. The van der Waals surface area contributed by atoms with Crippen molar-refractivity contribution in [1.29, 1.82) is 0 Å². The molecule has 2 amide bonds. The molecule has 0 unspecified atom stereocenters. The van der Waals surface area contributed by atoms with Crippen molar-refractivity contribution in [3.63, 3.8) is 0 Å². The van der Waals surface area contributed by atoms with Gasteiger partial charge in [-0.25, -0.2) is 14.8 Å². The van der Waals surface area contributed by atoms with Gasteiger partial charge in [-0.3, -0.25) is 4.98 Å². The molecule has 0 aromatic carbocycles. The predicted octanol–water partition coefficient (Wildman–Crippen LogP) is 1.25. The van der Waals surface area contributed by atoms with Gasteiger partial charge >= 0.3 is 6.03 Å². The minimum Gasteiger partial charge on any atom is -0.347 e. The Hall–Kier alpha value is -2.70. The van der Waals surface area contributed by atoms with Gasteiger partial charge in [0.25, 0.3) is 0 Å². The van der Waals surface area contributed by atoms with E-state index >= 15 is 0 Å². The number of hydrogen-bond donors (Lipinski definition) is 2. The highest BCUT2D eigenvalue weighted by molar-refractivity contribution is 5.73. The summed E-state index contributed by atoms with van der Waals surface area (Å²) in [6, 6.07) is 5.35. The molecule has 0 aliphatic rings. The van der Waals surface area contributed by atoms with Crippen LogP contribution in [0.3, 0.4) is 0 Å². The van der Waals surface area contributed by atoms with Crippen LogP contribution in [0.25, 0.3) is 0 Å². The van der Waals surface area contributed by atoms with E-state index in [2.05, 4.69) is 25.6 Å². The summed E-state index contributed by atoms with van der Waals surface area (Å²) in [5, 5.41) is 5.56. The minimum absolute atomic E-state index is 0.244. The number of nitrogens with one attached hydrogen (secondary N) is 2. The standard InChI is InChI=1S/C15H20N6O/c1-11-7-13(20-14(19-11)21(2)3)10-18-15(22)17-9-12-5-4-6-16-8-12/h4-8H,9-10H2,1-3H3,(H2,17,18,22). The van der Waals surface area contributed by atoms with E-state index < -0.39 is 0 Å². The second kappa shape index (κ2) is 7.35. The first kappa shape index (κ1) is 15.7. The summed E-state index contributed by atoms with van der Waals surface area (Å²) >= 11 is 0. The molecule has 2 aromatic heterocycles. The van der Waals surface area contributed by atoms with Gasteiger partial charge in [-0.1, -0.05) is 6.07 Å². The van der Waals surface area contributed by atoms with Crippen molar-refractivity contribution in [2.24, 2.45) is 0 Å². The lowest BCUT2D eigenvalue weighted by Gasteiger charge is -2.13. The smallest absolute Gasteiger partial charge is 0.315 e. The Kier molecular flexibility index (Phi) is 5.24. The maximum atomic E-state index is 11.8. The Balaban J connectivity index is 1.86. The maximum Gasteiger partial charge on any atom is 0.315 e. The van der Waals surface area contributed by atoms with Crippen LogP contribution < -0.4 is 15.5 Å². The number of aromatic nitrogens is 3. The van der Waals surface area contributed by atoms with E-state index in [-0.39, 0.29) is 6.03 Å². The van der Waals surface area contributed by atoms with Gasteiger partial charge in [-0.05, 0) is 24.6 Å². The van der Waals surface area contributed by atoms with Crippen LogP contribution in [0.5, 0.6) is 0 Å². The molecule has 0 saturated carbocycles. The third kappa shape index (κ3) is 4.69. The average Bonchev–Trinajstić information content (AvgIpc) is 2.51. The zero-order valence-electron chi connectivity index (χ0n) is 13.0. The first-order valence-corrected chi connectivity index (χ1v) is 6.97. The van der Waals surface area contributed by atoms with E-state index in [0.717, 1.165) is 17.0 Å². The number of pyridine rings is 1. The van der Waals surface area contributed by atoms with Crippen molar-refractivity contribution >= 4 is 12.0 Å². The maximum absolute atomic E-state index is 11.8. The summed E-state index contributed by atoms with van der Waals surface area (Å²) in [6.45, 7) is 2.69. The Morgan fingerprint density at radius 1 is 1.23 bits per heavy atom. The lowest BCUT2D eigenvalue weighted by molar-refractivity contribution is 0.240. The molecule has 0 aliphatic heterocycles. The molecular formula is C15H20N6O. The second-order valence-electron chi connectivity index (χ2n) is 5.09. The lowest BCUT2D eigenvalue weighted by Crippen LogP contribution is -2.34. The largest absolute Gasteiger partial charge is 0.347 e. The predicted molar refractivity (Wildman–Crippen MR) is 84.4 cm³/mol. The zero-order valence-corrected chi connectivity index (χ0v) is 13.0. The first-order valence-electron chi connectivity index (χ1n) is 6.97. The SMILES string of the molecule is Cc1cc(CNC(=O)NCc2cccnc2)nc(N(C)C)n1. The van der Waals surface area contributed by atoms with Gasteiger partial charge in [0, 0.05) is 38.7 Å². The molecule has 7 nitrogen and oxygen atoms in total. The highest BCUT2D eigenvalue weighted by atomic mass is 16.2. The number of nitrogens with zero attached hydrogens (tertiary/aromatic N) is 4. The fourth-order valence-electron chi connectivity index (χ4n) is 1.83. The van der Waals surface area contributed by atoms with Gasteiger partial charge in [0.05, 0.1) is 12.2 Å². The van der Waals surface area contributed by atoms with Crippen LogP contribution in [0.4, 0.5) is 10.7 Å². The van der Waals surface area contributed by atoms with Crippen LogP contribution in [0, 0.1) is 6.92 Å².